The van der Waals surface area contributed by atoms with E-state index in [1.807, 2.05) is 0 Å². The molecule has 1 aliphatic heterocycles. The number of carbonyl (C=O) groups is 1. The Morgan fingerprint density at radius 1 is 0.789 bits per heavy atom. The Morgan fingerprint density at radius 3 is 1.87 bits per heavy atom. The summed E-state index contributed by atoms with van der Waals surface area (Å²) in [5.41, 5.74) is 0. The van der Waals surface area contributed by atoms with Gasteiger partial charge in [-0.2, -0.15) is 0 Å². The van der Waals surface area contributed by atoms with Crippen molar-refractivity contribution in [2.24, 2.45) is 0 Å². The Kier molecular flexibility index (Phi) is 20.3. The molecule has 0 aromatic carbocycles. The summed E-state index contributed by atoms with van der Waals surface area (Å²) in [5.74, 6) is -0.161. The average molecular weight is 548 g/mol. The maximum Gasteiger partial charge on any atom is 0.220 e. The van der Waals surface area contributed by atoms with E-state index in [-0.39, 0.29) is 12.5 Å². The summed E-state index contributed by atoms with van der Waals surface area (Å²) in [6.45, 7) is 3.68. The molecule has 1 heterocycles. The number of hydrogen-bond donors (Lipinski definition) is 6. The number of aliphatic hydroxyl groups is 5. The number of carbonyl (C=O) groups excluding carboxylic acids is 1. The predicted octanol–water partition coefficient (Wildman–Crippen LogP) is 3.32. The summed E-state index contributed by atoms with van der Waals surface area (Å²) in [5, 5.41) is 53.4. The molecule has 0 aromatic heterocycles. The van der Waals surface area contributed by atoms with Crippen molar-refractivity contribution in [1.82, 2.24) is 5.32 Å². The number of rotatable bonds is 23. The SMILES string of the molecule is CCCCCCCCCCCCC(O)C(COC1OC(CO)C(O)C(O)C1O)NC(=O)CCCCCCC. The van der Waals surface area contributed by atoms with Crippen LogP contribution in [0.3, 0.4) is 0 Å². The molecule has 0 saturated carbocycles. The van der Waals surface area contributed by atoms with Gasteiger partial charge in [0.15, 0.2) is 6.29 Å². The van der Waals surface area contributed by atoms with Crippen LogP contribution in [0.2, 0.25) is 0 Å². The van der Waals surface area contributed by atoms with E-state index >= 15 is 0 Å². The van der Waals surface area contributed by atoms with Crippen LogP contribution in [0.4, 0.5) is 0 Å². The fraction of sp³-hybridized carbons (Fsp3) is 0.966. The van der Waals surface area contributed by atoms with Gasteiger partial charge in [-0.25, -0.2) is 0 Å². The first kappa shape index (κ1) is 35.2. The highest BCUT2D eigenvalue weighted by atomic mass is 16.7. The molecule has 7 atom stereocenters. The first-order valence-electron chi connectivity index (χ1n) is 15.2. The van der Waals surface area contributed by atoms with Crippen LogP contribution >= 0.6 is 0 Å². The van der Waals surface area contributed by atoms with Crippen molar-refractivity contribution in [1.29, 1.82) is 0 Å². The van der Waals surface area contributed by atoms with E-state index in [4.69, 9.17) is 9.47 Å². The van der Waals surface area contributed by atoms with Gasteiger partial charge in [0.05, 0.1) is 25.4 Å². The number of aliphatic hydroxyl groups excluding tert-OH is 5. The van der Waals surface area contributed by atoms with E-state index in [0.717, 1.165) is 51.4 Å². The molecule has 1 saturated heterocycles. The molecule has 0 radical (unpaired) electrons. The highest BCUT2D eigenvalue weighted by Gasteiger charge is 2.44. The van der Waals surface area contributed by atoms with Crippen molar-refractivity contribution < 1.29 is 39.8 Å². The fourth-order valence-electron chi connectivity index (χ4n) is 4.86. The Labute approximate surface area is 230 Å². The predicted molar refractivity (Wildman–Crippen MR) is 147 cm³/mol. The van der Waals surface area contributed by atoms with Gasteiger partial charge in [-0.05, 0) is 12.8 Å². The minimum atomic E-state index is -1.54. The van der Waals surface area contributed by atoms with E-state index < -0.39 is 49.5 Å². The molecule has 1 fully saturated rings. The fourth-order valence-corrected chi connectivity index (χ4v) is 4.86. The number of amides is 1. The number of unbranched alkanes of at least 4 members (excludes halogenated alkanes) is 13. The second-order valence-corrected chi connectivity index (χ2v) is 10.9. The third kappa shape index (κ3) is 14.5. The van der Waals surface area contributed by atoms with Crippen LogP contribution in [0.1, 0.15) is 123 Å². The molecule has 1 aliphatic rings. The zero-order valence-electron chi connectivity index (χ0n) is 23.9. The molecule has 0 aromatic rings. The van der Waals surface area contributed by atoms with Gasteiger partial charge >= 0.3 is 0 Å². The maximum absolute atomic E-state index is 12.6. The lowest BCUT2D eigenvalue weighted by atomic mass is 9.99. The molecule has 0 aliphatic carbocycles. The summed E-state index contributed by atoms with van der Waals surface area (Å²) in [4.78, 5) is 12.6. The third-order valence-corrected chi connectivity index (χ3v) is 7.46. The molecule has 9 nitrogen and oxygen atoms in total. The summed E-state index contributed by atoms with van der Waals surface area (Å²) >= 11 is 0. The number of hydrogen-bond acceptors (Lipinski definition) is 8. The van der Waals surface area contributed by atoms with Crippen molar-refractivity contribution in [3.8, 4) is 0 Å². The summed E-state index contributed by atoms with van der Waals surface area (Å²) in [7, 11) is 0. The van der Waals surface area contributed by atoms with Crippen molar-refractivity contribution in [3.05, 3.63) is 0 Å². The van der Waals surface area contributed by atoms with Gasteiger partial charge in [0, 0.05) is 6.42 Å². The van der Waals surface area contributed by atoms with Gasteiger partial charge in [-0.15, -0.1) is 0 Å². The van der Waals surface area contributed by atoms with Gasteiger partial charge in [0.1, 0.15) is 24.4 Å². The van der Waals surface area contributed by atoms with E-state index in [1.54, 1.807) is 0 Å². The minimum Gasteiger partial charge on any atom is -0.394 e. The van der Waals surface area contributed by atoms with E-state index in [0.29, 0.717) is 12.8 Å². The van der Waals surface area contributed by atoms with Gasteiger partial charge in [0.2, 0.25) is 5.91 Å². The van der Waals surface area contributed by atoms with E-state index in [9.17, 15) is 30.3 Å². The molecule has 1 rings (SSSR count). The smallest absolute Gasteiger partial charge is 0.220 e. The van der Waals surface area contributed by atoms with Crippen LogP contribution < -0.4 is 5.32 Å². The molecule has 0 bridgehead atoms. The monoisotopic (exact) mass is 547 g/mol. The maximum atomic E-state index is 12.6. The zero-order chi connectivity index (χ0) is 28.2. The second kappa shape index (κ2) is 21.9. The van der Waals surface area contributed by atoms with Crippen LogP contribution in [0, 0.1) is 0 Å². The Hall–Kier alpha value is -0.810. The molecular formula is C29H57NO8. The summed E-state index contributed by atoms with van der Waals surface area (Å²) in [6, 6.07) is -0.705. The standard InChI is InChI=1S/C29H57NO8/c1-3-5-7-9-10-11-12-13-15-16-18-23(32)22(30-25(33)19-17-14-8-6-4-2)21-37-29-28(36)27(35)26(34)24(20-31)38-29/h22-24,26-29,31-32,34-36H,3-21H2,1-2H3,(H,30,33). The molecule has 7 unspecified atom stereocenters. The third-order valence-electron chi connectivity index (χ3n) is 7.46. The molecule has 9 heteroatoms. The van der Waals surface area contributed by atoms with Crippen LogP contribution in [0.15, 0.2) is 0 Å². The molecule has 226 valence electrons. The van der Waals surface area contributed by atoms with E-state index in [2.05, 4.69) is 19.2 Å². The van der Waals surface area contributed by atoms with E-state index in [1.165, 1.54) is 44.9 Å². The van der Waals surface area contributed by atoms with Gasteiger partial charge in [-0.3, -0.25) is 4.79 Å². The van der Waals surface area contributed by atoms with Crippen molar-refractivity contribution in [3.63, 3.8) is 0 Å². The normalized spacial score (nSPS) is 25.3. The Morgan fingerprint density at radius 2 is 1.32 bits per heavy atom. The quantitative estimate of drug-likeness (QED) is 0.107. The van der Waals surface area contributed by atoms with Crippen molar-refractivity contribution in [2.45, 2.75) is 166 Å². The molecule has 38 heavy (non-hydrogen) atoms. The lowest BCUT2D eigenvalue weighted by Crippen LogP contribution is -2.60. The van der Waals surface area contributed by atoms with Crippen molar-refractivity contribution in [2.75, 3.05) is 13.2 Å². The average Bonchev–Trinajstić information content (AvgIpc) is 2.91. The Balaban J connectivity index is 2.52. The minimum absolute atomic E-state index is 0.136. The molecular weight excluding hydrogens is 490 g/mol. The largest absolute Gasteiger partial charge is 0.394 e. The lowest BCUT2D eigenvalue weighted by Gasteiger charge is -2.40. The molecule has 6 N–H and O–H groups in total. The van der Waals surface area contributed by atoms with Crippen LogP contribution in [0.25, 0.3) is 0 Å². The Bertz CT molecular complexity index is 579. The highest BCUT2D eigenvalue weighted by Crippen LogP contribution is 2.22. The first-order chi connectivity index (χ1) is 18.3. The second-order valence-electron chi connectivity index (χ2n) is 10.9. The van der Waals surface area contributed by atoms with Crippen LogP contribution in [0.5, 0.6) is 0 Å². The zero-order valence-corrected chi connectivity index (χ0v) is 23.9. The highest BCUT2D eigenvalue weighted by molar-refractivity contribution is 5.76. The van der Waals surface area contributed by atoms with Crippen LogP contribution in [-0.2, 0) is 14.3 Å². The first-order valence-corrected chi connectivity index (χ1v) is 15.2. The van der Waals surface area contributed by atoms with Crippen LogP contribution in [-0.4, -0.2) is 87.5 Å². The number of nitrogens with one attached hydrogen (secondary N) is 1. The lowest BCUT2D eigenvalue weighted by molar-refractivity contribution is -0.302. The molecule has 1 amide bonds. The molecule has 0 spiro atoms. The topological polar surface area (TPSA) is 149 Å². The van der Waals surface area contributed by atoms with Gasteiger partial charge in [0.25, 0.3) is 0 Å². The van der Waals surface area contributed by atoms with Crippen molar-refractivity contribution >= 4 is 5.91 Å². The van der Waals surface area contributed by atoms with Gasteiger partial charge in [-0.1, -0.05) is 104 Å². The van der Waals surface area contributed by atoms with Gasteiger partial charge < -0.3 is 40.3 Å². The number of ether oxygens (including phenoxy) is 2. The summed E-state index contributed by atoms with van der Waals surface area (Å²) in [6.07, 6.45) is 10.1. The summed E-state index contributed by atoms with van der Waals surface area (Å²) < 4.78 is 11.1.